The van der Waals surface area contributed by atoms with E-state index in [-0.39, 0.29) is 4.88 Å². The number of hydrogen-bond acceptors (Lipinski definition) is 4. The molecule has 0 radical (unpaired) electrons. The predicted molar refractivity (Wildman–Crippen MR) is 70.9 cm³/mol. The van der Waals surface area contributed by atoms with Crippen molar-refractivity contribution >= 4 is 22.4 Å². The zero-order valence-electron chi connectivity index (χ0n) is 10.2. The largest absolute Gasteiger partial charge is 0.477 e. The Kier molecular flexibility index (Phi) is 6.62. The van der Waals surface area contributed by atoms with Crippen LogP contribution < -0.4 is 5.32 Å². The van der Waals surface area contributed by atoms with Gasteiger partial charge in [0.2, 0.25) is 0 Å². The van der Waals surface area contributed by atoms with Crippen molar-refractivity contribution in [2.75, 3.05) is 11.9 Å². The Morgan fingerprint density at radius 2 is 2.06 bits per heavy atom. The summed E-state index contributed by atoms with van der Waals surface area (Å²) in [5.41, 5.74) is 0. The van der Waals surface area contributed by atoms with E-state index < -0.39 is 5.97 Å². The summed E-state index contributed by atoms with van der Waals surface area (Å²) < 4.78 is 0. The third-order valence-electron chi connectivity index (χ3n) is 2.52. The van der Waals surface area contributed by atoms with Gasteiger partial charge in [0.25, 0.3) is 0 Å². The van der Waals surface area contributed by atoms with E-state index in [4.69, 9.17) is 5.11 Å². The first kappa shape index (κ1) is 14.0. The minimum atomic E-state index is -0.907. The van der Waals surface area contributed by atoms with Crippen LogP contribution in [0.4, 0.5) is 5.13 Å². The smallest absolute Gasteiger partial charge is 0.347 e. The number of unbranched alkanes of at least 4 members (excludes halogenated alkanes) is 5. The molecule has 17 heavy (non-hydrogen) atoms. The maximum atomic E-state index is 10.6. The molecule has 2 N–H and O–H groups in total. The molecule has 0 aliphatic rings. The highest BCUT2D eigenvalue weighted by atomic mass is 32.1. The molecule has 1 heterocycles. The molecule has 5 heteroatoms. The second-order valence-electron chi connectivity index (χ2n) is 4.03. The summed E-state index contributed by atoms with van der Waals surface area (Å²) in [5.74, 6) is -0.907. The highest BCUT2D eigenvalue weighted by Crippen LogP contribution is 2.17. The molecule has 0 bridgehead atoms. The number of carboxylic acids is 1. The number of nitrogens with zero attached hydrogens (tertiary/aromatic N) is 1. The maximum Gasteiger partial charge on any atom is 0.347 e. The molecule has 0 atom stereocenters. The molecule has 0 saturated heterocycles. The van der Waals surface area contributed by atoms with Crippen molar-refractivity contribution in [3.63, 3.8) is 0 Å². The van der Waals surface area contributed by atoms with Crippen LogP contribution in [0.3, 0.4) is 0 Å². The minimum Gasteiger partial charge on any atom is -0.477 e. The molecule has 4 nitrogen and oxygen atoms in total. The van der Waals surface area contributed by atoms with Gasteiger partial charge in [-0.25, -0.2) is 9.78 Å². The van der Waals surface area contributed by atoms with Crippen molar-refractivity contribution in [1.82, 2.24) is 4.98 Å². The van der Waals surface area contributed by atoms with Gasteiger partial charge in [-0.3, -0.25) is 0 Å². The summed E-state index contributed by atoms with van der Waals surface area (Å²) in [5, 5.41) is 12.6. The van der Waals surface area contributed by atoms with E-state index >= 15 is 0 Å². The van der Waals surface area contributed by atoms with Gasteiger partial charge in [0, 0.05) is 6.54 Å². The molecule has 0 aliphatic heterocycles. The number of carbonyl (C=O) groups is 1. The summed E-state index contributed by atoms with van der Waals surface area (Å²) in [7, 11) is 0. The predicted octanol–water partition coefficient (Wildman–Crippen LogP) is 3.61. The number of rotatable bonds is 9. The SMILES string of the molecule is CCCCCCCCNc1ncc(C(=O)O)s1. The Balaban J connectivity index is 2.07. The van der Waals surface area contributed by atoms with E-state index in [0.29, 0.717) is 5.13 Å². The molecule has 0 spiro atoms. The Labute approximate surface area is 106 Å². The fourth-order valence-electron chi connectivity index (χ4n) is 1.56. The van der Waals surface area contributed by atoms with Crippen LogP contribution in [0, 0.1) is 0 Å². The highest BCUT2D eigenvalue weighted by molar-refractivity contribution is 7.17. The summed E-state index contributed by atoms with van der Waals surface area (Å²) in [4.78, 5) is 14.9. The zero-order valence-corrected chi connectivity index (χ0v) is 11.1. The van der Waals surface area contributed by atoms with Gasteiger partial charge in [-0.15, -0.1) is 0 Å². The first-order valence-corrected chi connectivity index (χ1v) is 6.98. The quantitative estimate of drug-likeness (QED) is 0.662. The molecule has 0 aliphatic carbocycles. The molecule has 96 valence electrons. The van der Waals surface area contributed by atoms with Crippen LogP contribution in [0.15, 0.2) is 6.20 Å². The second-order valence-corrected chi connectivity index (χ2v) is 5.06. The number of hydrogen-bond donors (Lipinski definition) is 2. The number of anilines is 1. The number of aromatic carboxylic acids is 1. The fourth-order valence-corrected chi connectivity index (χ4v) is 2.24. The van der Waals surface area contributed by atoms with Gasteiger partial charge in [-0.2, -0.15) is 0 Å². The Bertz CT molecular complexity index is 339. The van der Waals surface area contributed by atoms with Crippen LogP contribution in [-0.2, 0) is 0 Å². The molecule has 1 aromatic rings. The summed E-state index contributed by atoms with van der Waals surface area (Å²) in [6.07, 6.45) is 8.94. The number of thiazole rings is 1. The van der Waals surface area contributed by atoms with E-state index in [1.165, 1.54) is 49.6 Å². The molecular weight excluding hydrogens is 236 g/mol. The first-order chi connectivity index (χ1) is 8.24. The van der Waals surface area contributed by atoms with Gasteiger partial charge in [-0.05, 0) is 6.42 Å². The lowest BCUT2D eigenvalue weighted by molar-refractivity contribution is 0.0702. The summed E-state index contributed by atoms with van der Waals surface area (Å²) in [6.45, 7) is 3.09. The Morgan fingerprint density at radius 1 is 1.35 bits per heavy atom. The molecule has 1 rings (SSSR count). The van der Waals surface area contributed by atoms with Gasteiger partial charge in [0.1, 0.15) is 4.88 Å². The van der Waals surface area contributed by atoms with Gasteiger partial charge in [0.15, 0.2) is 5.13 Å². The van der Waals surface area contributed by atoms with Gasteiger partial charge in [0.05, 0.1) is 6.20 Å². The van der Waals surface area contributed by atoms with E-state index in [0.717, 1.165) is 13.0 Å². The van der Waals surface area contributed by atoms with E-state index in [9.17, 15) is 4.79 Å². The molecule has 0 unspecified atom stereocenters. The Hall–Kier alpha value is -1.10. The summed E-state index contributed by atoms with van der Waals surface area (Å²) >= 11 is 1.19. The van der Waals surface area contributed by atoms with Crippen molar-refractivity contribution in [3.8, 4) is 0 Å². The second kappa shape index (κ2) is 8.06. The van der Waals surface area contributed by atoms with E-state index in [1.807, 2.05) is 0 Å². The van der Waals surface area contributed by atoms with Gasteiger partial charge in [-0.1, -0.05) is 50.4 Å². The summed E-state index contributed by atoms with van der Waals surface area (Å²) in [6, 6.07) is 0. The number of nitrogens with one attached hydrogen (secondary N) is 1. The molecule has 0 aromatic carbocycles. The van der Waals surface area contributed by atoms with Gasteiger partial charge >= 0.3 is 5.97 Å². The van der Waals surface area contributed by atoms with E-state index in [2.05, 4.69) is 17.2 Å². The lowest BCUT2D eigenvalue weighted by atomic mass is 10.1. The van der Waals surface area contributed by atoms with Gasteiger partial charge < -0.3 is 10.4 Å². The Morgan fingerprint density at radius 3 is 2.71 bits per heavy atom. The van der Waals surface area contributed by atoms with Crippen LogP contribution in [0.1, 0.15) is 55.1 Å². The van der Waals surface area contributed by atoms with Crippen LogP contribution in [0.2, 0.25) is 0 Å². The van der Waals surface area contributed by atoms with E-state index in [1.54, 1.807) is 0 Å². The van der Waals surface area contributed by atoms with Crippen molar-refractivity contribution in [2.45, 2.75) is 45.4 Å². The molecule has 1 aromatic heterocycles. The lowest BCUT2D eigenvalue weighted by Gasteiger charge is -2.02. The lowest BCUT2D eigenvalue weighted by Crippen LogP contribution is -2.00. The van der Waals surface area contributed by atoms with Crippen LogP contribution >= 0.6 is 11.3 Å². The normalized spacial score (nSPS) is 10.4. The van der Waals surface area contributed by atoms with Crippen LogP contribution in [0.25, 0.3) is 0 Å². The molecule has 0 amide bonds. The maximum absolute atomic E-state index is 10.6. The third-order valence-corrected chi connectivity index (χ3v) is 3.47. The first-order valence-electron chi connectivity index (χ1n) is 6.17. The highest BCUT2D eigenvalue weighted by Gasteiger charge is 2.07. The van der Waals surface area contributed by atoms with Crippen molar-refractivity contribution in [2.24, 2.45) is 0 Å². The van der Waals surface area contributed by atoms with Crippen molar-refractivity contribution in [3.05, 3.63) is 11.1 Å². The standard InChI is InChI=1S/C12H20N2O2S/c1-2-3-4-5-6-7-8-13-12-14-9-10(17-12)11(15)16/h9H,2-8H2,1H3,(H,13,14)(H,15,16). The topological polar surface area (TPSA) is 62.2 Å². The zero-order chi connectivity index (χ0) is 12.5. The fraction of sp³-hybridized carbons (Fsp3) is 0.667. The molecular formula is C12H20N2O2S. The monoisotopic (exact) mass is 256 g/mol. The third kappa shape index (κ3) is 5.68. The van der Waals surface area contributed by atoms with Crippen LogP contribution in [-0.4, -0.2) is 22.6 Å². The van der Waals surface area contributed by atoms with Crippen molar-refractivity contribution in [1.29, 1.82) is 0 Å². The number of carboxylic acid groups (broad SMARTS) is 1. The minimum absolute atomic E-state index is 0.287. The average molecular weight is 256 g/mol. The number of aromatic nitrogens is 1. The van der Waals surface area contributed by atoms with Crippen molar-refractivity contribution < 1.29 is 9.90 Å². The molecule has 0 saturated carbocycles. The molecule has 0 fully saturated rings. The average Bonchev–Trinajstić information content (AvgIpc) is 2.77. The van der Waals surface area contributed by atoms with Crippen LogP contribution in [0.5, 0.6) is 0 Å².